The molecule has 17 heavy (non-hydrogen) atoms. The second kappa shape index (κ2) is 5.38. The van der Waals surface area contributed by atoms with E-state index in [1.165, 1.54) is 0 Å². The summed E-state index contributed by atoms with van der Waals surface area (Å²) < 4.78 is 5.53. The quantitative estimate of drug-likeness (QED) is 0.778. The van der Waals surface area contributed by atoms with Gasteiger partial charge in [0.25, 0.3) is 0 Å². The predicted molar refractivity (Wildman–Crippen MR) is 68.9 cm³/mol. The van der Waals surface area contributed by atoms with Crippen LogP contribution >= 0.6 is 23.2 Å². The van der Waals surface area contributed by atoms with Gasteiger partial charge in [-0.05, 0) is 31.0 Å². The van der Waals surface area contributed by atoms with E-state index in [0.717, 1.165) is 12.8 Å². The first kappa shape index (κ1) is 12.9. The number of carbonyl (C=O) groups is 1. The van der Waals surface area contributed by atoms with Crippen molar-refractivity contribution in [2.24, 2.45) is 5.92 Å². The number of Topliss-reactive ketones (excluding diaryl/α,β-unsaturated/α-hetero) is 1. The number of ether oxygens (including phenoxy) is 1. The smallest absolute Gasteiger partial charge is 0.168 e. The molecule has 1 aliphatic heterocycles. The van der Waals surface area contributed by atoms with E-state index < -0.39 is 0 Å². The molecule has 0 N–H and O–H groups in total. The van der Waals surface area contributed by atoms with E-state index in [2.05, 4.69) is 0 Å². The third kappa shape index (κ3) is 2.65. The normalized spacial score (nSPS) is 23.9. The van der Waals surface area contributed by atoms with Crippen molar-refractivity contribution < 1.29 is 9.53 Å². The number of halogens is 2. The van der Waals surface area contributed by atoms with Crippen LogP contribution in [0.2, 0.25) is 10.0 Å². The van der Waals surface area contributed by atoms with Gasteiger partial charge in [-0.25, -0.2) is 0 Å². The van der Waals surface area contributed by atoms with Crippen LogP contribution in [0.3, 0.4) is 0 Å². The fourth-order valence-corrected chi connectivity index (χ4v) is 2.51. The van der Waals surface area contributed by atoms with Gasteiger partial charge in [0.2, 0.25) is 0 Å². The summed E-state index contributed by atoms with van der Waals surface area (Å²) in [5.41, 5.74) is 0.619. The zero-order valence-electron chi connectivity index (χ0n) is 9.58. The maximum Gasteiger partial charge on any atom is 0.168 e. The zero-order chi connectivity index (χ0) is 12.4. The molecular formula is C13H14Cl2O2. The molecule has 1 aliphatic rings. The monoisotopic (exact) mass is 272 g/mol. The van der Waals surface area contributed by atoms with Gasteiger partial charge in [0.15, 0.2) is 5.78 Å². The van der Waals surface area contributed by atoms with Crippen LogP contribution < -0.4 is 0 Å². The van der Waals surface area contributed by atoms with Gasteiger partial charge < -0.3 is 4.74 Å². The lowest BCUT2D eigenvalue weighted by atomic mass is 9.90. The Morgan fingerprint density at radius 3 is 2.82 bits per heavy atom. The molecule has 2 atom stereocenters. The van der Waals surface area contributed by atoms with Gasteiger partial charge in [-0.1, -0.05) is 30.1 Å². The largest absolute Gasteiger partial charge is 0.377 e. The topological polar surface area (TPSA) is 26.3 Å². The van der Waals surface area contributed by atoms with Crippen molar-refractivity contribution in [3.8, 4) is 0 Å². The number of rotatable bonds is 3. The fraction of sp³-hybridized carbons (Fsp3) is 0.462. The van der Waals surface area contributed by atoms with Crippen molar-refractivity contribution in [3.63, 3.8) is 0 Å². The minimum atomic E-state index is -0.0442. The van der Waals surface area contributed by atoms with E-state index in [-0.39, 0.29) is 17.8 Å². The molecule has 1 fully saturated rings. The van der Waals surface area contributed by atoms with Crippen LogP contribution in [-0.2, 0) is 4.74 Å². The summed E-state index contributed by atoms with van der Waals surface area (Å²) in [5.74, 6) is 0.0603. The lowest BCUT2D eigenvalue weighted by Gasteiger charge is -2.15. The number of ketones is 1. The summed E-state index contributed by atoms with van der Waals surface area (Å²) >= 11 is 11.8. The number of hydrogen-bond donors (Lipinski definition) is 0. The molecule has 2 rings (SSSR count). The van der Waals surface area contributed by atoms with E-state index in [9.17, 15) is 4.79 Å². The molecule has 0 radical (unpaired) electrons. The van der Waals surface area contributed by atoms with E-state index in [4.69, 9.17) is 27.9 Å². The van der Waals surface area contributed by atoms with Crippen LogP contribution in [0.15, 0.2) is 18.2 Å². The Kier molecular flexibility index (Phi) is 4.08. The Hall–Kier alpha value is -0.570. The Morgan fingerprint density at radius 1 is 1.41 bits per heavy atom. The van der Waals surface area contributed by atoms with Crippen molar-refractivity contribution in [1.29, 1.82) is 0 Å². The van der Waals surface area contributed by atoms with Gasteiger partial charge in [0.1, 0.15) is 0 Å². The highest BCUT2D eigenvalue weighted by Gasteiger charge is 2.33. The third-order valence-electron chi connectivity index (χ3n) is 3.15. The van der Waals surface area contributed by atoms with Gasteiger partial charge in [-0.3, -0.25) is 4.79 Å². The maximum atomic E-state index is 12.3. The number of hydrogen-bond acceptors (Lipinski definition) is 2. The first-order chi connectivity index (χ1) is 8.13. The van der Waals surface area contributed by atoms with Crippen LogP contribution in [0.1, 0.15) is 30.1 Å². The molecule has 1 heterocycles. The highest BCUT2D eigenvalue weighted by atomic mass is 35.5. The van der Waals surface area contributed by atoms with E-state index in [1.54, 1.807) is 18.2 Å². The standard InChI is InChI=1S/C13H14Cl2O2/c1-2-12-9(5-6-17-12)13(16)8-3-4-10(14)11(15)7-8/h3-4,7,9,12H,2,5-6H2,1H3. The molecule has 0 spiro atoms. The minimum Gasteiger partial charge on any atom is -0.377 e. The molecule has 0 bridgehead atoms. The van der Waals surface area contributed by atoms with Gasteiger partial charge in [-0.2, -0.15) is 0 Å². The Morgan fingerprint density at radius 2 is 2.18 bits per heavy atom. The molecule has 0 saturated carbocycles. The van der Waals surface area contributed by atoms with E-state index in [0.29, 0.717) is 22.2 Å². The summed E-state index contributed by atoms with van der Waals surface area (Å²) in [6.07, 6.45) is 1.69. The molecule has 1 saturated heterocycles. The first-order valence-corrected chi connectivity index (χ1v) is 6.50. The Labute approximate surface area is 111 Å². The first-order valence-electron chi connectivity index (χ1n) is 5.74. The van der Waals surface area contributed by atoms with E-state index >= 15 is 0 Å². The SMILES string of the molecule is CCC1OCCC1C(=O)c1ccc(Cl)c(Cl)c1. The summed E-state index contributed by atoms with van der Waals surface area (Å²) in [6, 6.07) is 5.02. The van der Waals surface area contributed by atoms with Gasteiger partial charge in [-0.15, -0.1) is 0 Å². The average molecular weight is 273 g/mol. The van der Waals surface area contributed by atoms with E-state index in [1.807, 2.05) is 6.92 Å². The second-order valence-corrected chi connectivity index (χ2v) is 5.02. The second-order valence-electron chi connectivity index (χ2n) is 4.21. The lowest BCUT2D eigenvalue weighted by molar-refractivity contribution is 0.0689. The molecule has 4 heteroatoms. The molecule has 0 aromatic heterocycles. The summed E-state index contributed by atoms with van der Waals surface area (Å²) in [6.45, 7) is 2.70. The fourth-order valence-electron chi connectivity index (χ4n) is 2.21. The lowest BCUT2D eigenvalue weighted by Crippen LogP contribution is -2.23. The molecule has 1 aromatic carbocycles. The number of benzene rings is 1. The molecule has 0 aliphatic carbocycles. The zero-order valence-corrected chi connectivity index (χ0v) is 11.1. The molecule has 2 nitrogen and oxygen atoms in total. The van der Waals surface area contributed by atoms with Crippen LogP contribution in [0, 0.1) is 5.92 Å². The average Bonchev–Trinajstić information content (AvgIpc) is 2.80. The van der Waals surface area contributed by atoms with Crippen molar-refractivity contribution in [3.05, 3.63) is 33.8 Å². The van der Waals surface area contributed by atoms with Gasteiger partial charge in [0.05, 0.1) is 22.1 Å². The van der Waals surface area contributed by atoms with Crippen molar-refractivity contribution >= 4 is 29.0 Å². The van der Waals surface area contributed by atoms with Gasteiger partial charge >= 0.3 is 0 Å². The summed E-state index contributed by atoms with van der Waals surface area (Å²) in [4.78, 5) is 12.3. The molecule has 0 amide bonds. The molecule has 2 unspecified atom stereocenters. The minimum absolute atomic E-state index is 0.0388. The highest BCUT2D eigenvalue weighted by Crippen LogP contribution is 2.29. The Balaban J connectivity index is 2.21. The van der Waals surface area contributed by atoms with Crippen LogP contribution in [-0.4, -0.2) is 18.5 Å². The molecule has 92 valence electrons. The third-order valence-corrected chi connectivity index (χ3v) is 3.89. The van der Waals surface area contributed by atoms with Crippen molar-refractivity contribution in [2.45, 2.75) is 25.9 Å². The van der Waals surface area contributed by atoms with Gasteiger partial charge in [0, 0.05) is 12.2 Å². The summed E-state index contributed by atoms with van der Waals surface area (Å²) in [7, 11) is 0. The predicted octanol–water partition coefficient (Wildman–Crippen LogP) is 3.99. The Bertz CT molecular complexity index is 431. The van der Waals surface area contributed by atoms with Crippen LogP contribution in [0.5, 0.6) is 0 Å². The summed E-state index contributed by atoms with van der Waals surface area (Å²) in [5, 5.41) is 0.891. The maximum absolute atomic E-state index is 12.3. The molecule has 1 aromatic rings. The highest BCUT2D eigenvalue weighted by molar-refractivity contribution is 6.42. The number of carbonyl (C=O) groups excluding carboxylic acids is 1. The van der Waals surface area contributed by atoms with Crippen molar-refractivity contribution in [1.82, 2.24) is 0 Å². The van der Waals surface area contributed by atoms with Crippen LogP contribution in [0.4, 0.5) is 0 Å². The molecular weight excluding hydrogens is 259 g/mol. The van der Waals surface area contributed by atoms with Crippen molar-refractivity contribution in [2.75, 3.05) is 6.61 Å². The van der Waals surface area contributed by atoms with Crippen LogP contribution in [0.25, 0.3) is 0 Å².